The van der Waals surface area contributed by atoms with E-state index in [1.165, 1.54) is 0 Å². The Hall–Kier alpha value is -3.07. The van der Waals surface area contributed by atoms with E-state index in [4.69, 9.17) is 9.47 Å². The molecule has 31 heavy (non-hydrogen) atoms. The molecule has 1 aliphatic heterocycles. The van der Waals surface area contributed by atoms with Crippen LogP contribution in [0.5, 0.6) is 0 Å². The number of carbonyl (C=O) groups excluding carboxylic acids is 1. The van der Waals surface area contributed by atoms with Crippen molar-refractivity contribution in [3.63, 3.8) is 0 Å². The molecule has 1 amide bonds. The first-order valence-electron chi connectivity index (χ1n) is 10.6. The number of piperazine rings is 1. The molecule has 9 heteroatoms. The summed E-state index contributed by atoms with van der Waals surface area (Å²) in [7, 11) is 1.69. The fourth-order valence-corrected chi connectivity index (χ4v) is 3.65. The fourth-order valence-electron chi connectivity index (χ4n) is 3.65. The lowest BCUT2D eigenvalue weighted by Gasteiger charge is -2.36. The van der Waals surface area contributed by atoms with Crippen LogP contribution in [0.3, 0.4) is 0 Å². The maximum atomic E-state index is 12.3. The minimum absolute atomic E-state index is 0.249. The number of ether oxygens (including phenoxy) is 2. The van der Waals surface area contributed by atoms with Gasteiger partial charge >= 0.3 is 6.09 Å². The third kappa shape index (κ3) is 4.82. The number of rotatable bonds is 5. The second-order valence-electron chi connectivity index (χ2n) is 8.72. The Morgan fingerprint density at radius 1 is 1.13 bits per heavy atom. The van der Waals surface area contributed by atoms with Crippen molar-refractivity contribution in [2.45, 2.75) is 32.9 Å². The molecule has 0 atom stereocenters. The first-order chi connectivity index (χ1) is 14.8. The van der Waals surface area contributed by atoms with Crippen molar-refractivity contribution in [1.29, 1.82) is 0 Å². The van der Waals surface area contributed by atoms with E-state index in [9.17, 15) is 4.79 Å². The van der Waals surface area contributed by atoms with Crippen LogP contribution in [0, 0.1) is 0 Å². The van der Waals surface area contributed by atoms with E-state index in [0.29, 0.717) is 19.7 Å². The van der Waals surface area contributed by atoms with Gasteiger partial charge in [-0.25, -0.2) is 14.3 Å². The van der Waals surface area contributed by atoms with Crippen molar-refractivity contribution in [3.8, 4) is 11.3 Å². The summed E-state index contributed by atoms with van der Waals surface area (Å²) in [5.74, 6) is 0. The topological polar surface area (TPSA) is 77.1 Å². The molecule has 0 saturated carbocycles. The lowest BCUT2D eigenvalue weighted by molar-refractivity contribution is 0.0240. The molecule has 4 heterocycles. The summed E-state index contributed by atoms with van der Waals surface area (Å²) in [6, 6.07) is 4.15. The first kappa shape index (κ1) is 21.2. The summed E-state index contributed by atoms with van der Waals surface area (Å²) < 4.78 is 14.5. The van der Waals surface area contributed by atoms with Crippen molar-refractivity contribution < 1.29 is 14.3 Å². The zero-order valence-corrected chi connectivity index (χ0v) is 18.6. The normalized spacial score (nSPS) is 15.0. The van der Waals surface area contributed by atoms with Crippen LogP contribution >= 0.6 is 0 Å². The molecule has 166 valence electrons. The van der Waals surface area contributed by atoms with E-state index >= 15 is 0 Å². The molecule has 0 spiro atoms. The molecule has 1 fully saturated rings. The van der Waals surface area contributed by atoms with Gasteiger partial charge in [-0.3, -0.25) is 0 Å². The predicted molar refractivity (Wildman–Crippen MR) is 118 cm³/mol. The predicted octanol–water partition coefficient (Wildman–Crippen LogP) is 2.90. The van der Waals surface area contributed by atoms with Gasteiger partial charge in [-0.2, -0.15) is 5.10 Å². The van der Waals surface area contributed by atoms with Gasteiger partial charge in [0.2, 0.25) is 0 Å². The Balaban J connectivity index is 1.44. The average molecular weight is 427 g/mol. The van der Waals surface area contributed by atoms with Gasteiger partial charge < -0.3 is 23.8 Å². The molecule has 1 aliphatic rings. The van der Waals surface area contributed by atoms with Gasteiger partial charge in [-0.15, -0.1) is 0 Å². The molecule has 9 nitrogen and oxygen atoms in total. The number of pyridine rings is 1. The number of carbonyl (C=O) groups is 1. The van der Waals surface area contributed by atoms with Crippen LogP contribution in [0.15, 0.2) is 37.1 Å². The smallest absolute Gasteiger partial charge is 0.410 e. The maximum absolute atomic E-state index is 12.3. The molecular formula is C22H30N6O3. The second kappa shape index (κ2) is 8.58. The summed E-state index contributed by atoms with van der Waals surface area (Å²) >= 11 is 0. The van der Waals surface area contributed by atoms with Crippen molar-refractivity contribution in [2.24, 2.45) is 0 Å². The highest BCUT2D eigenvalue weighted by atomic mass is 16.6. The fraction of sp³-hybridized carbons (Fsp3) is 0.500. The van der Waals surface area contributed by atoms with Gasteiger partial charge in [0.25, 0.3) is 0 Å². The zero-order chi connectivity index (χ0) is 22.0. The molecule has 0 bridgehead atoms. The van der Waals surface area contributed by atoms with Crippen molar-refractivity contribution in [1.82, 2.24) is 24.1 Å². The summed E-state index contributed by atoms with van der Waals surface area (Å²) in [6.07, 6.45) is 7.47. The van der Waals surface area contributed by atoms with Crippen molar-refractivity contribution >= 4 is 17.3 Å². The number of fused-ring (bicyclic) bond motifs is 1. The van der Waals surface area contributed by atoms with Crippen LogP contribution in [-0.4, -0.2) is 75.7 Å². The van der Waals surface area contributed by atoms with Crippen LogP contribution in [0.1, 0.15) is 20.8 Å². The highest BCUT2D eigenvalue weighted by molar-refractivity contribution is 5.75. The zero-order valence-electron chi connectivity index (χ0n) is 18.6. The van der Waals surface area contributed by atoms with E-state index in [1.54, 1.807) is 12.0 Å². The minimum atomic E-state index is -0.478. The van der Waals surface area contributed by atoms with E-state index in [2.05, 4.69) is 27.1 Å². The summed E-state index contributed by atoms with van der Waals surface area (Å²) in [6.45, 7) is 9.83. The Bertz CT molecular complexity index is 1040. The molecule has 3 aromatic heterocycles. The standard InChI is InChI=1S/C22H30N6O3/c1-22(2,3)31-21(29)27-9-7-26(8-10-27)20-13-24-28-14-17(5-6-19(20)28)18-15-25(16-23-18)11-12-30-4/h5-6,13-16H,7-12H2,1-4H3. The van der Waals surface area contributed by atoms with Gasteiger partial charge in [-0.05, 0) is 32.9 Å². The highest BCUT2D eigenvalue weighted by Crippen LogP contribution is 2.26. The third-order valence-electron chi connectivity index (χ3n) is 5.25. The molecular weight excluding hydrogens is 396 g/mol. The number of aromatic nitrogens is 4. The van der Waals surface area contributed by atoms with Crippen LogP contribution in [0.4, 0.5) is 10.5 Å². The number of nitrogens with zero attached hydrogens (tertiary/aromatic N) is 6. The number of hydrogen-bond donors (Lipinski definition) is 0. The molecule has 0 aliphatic carbocycles. The van der Waals surface area contributed by atoms with Crippen molar-refractivity contribution in [3.05, 3.63) is 37.1 Å². The average Bonchev–Trinajstić information content (AvgIpc) is 3.38. The summed E-state index contributed by atoms with van der Waals surface area (Å²) in [5, 5.41) is 4.55. The molecule has 0 aromatic carbocycles. The van der Waals surface area contributed by atoms with Gasteiger partial charge in [0.15, 0.2) is 0 Å². The Kier molecular flexibility index (Phi) is 5.86. The van der Waals surface area contributed by atoms with Gasteiger partial charge in [-0.1, -0.05) is 0 Å². The van der Waals surface area contributed by atoms with Crippen LogP contribution < -0.4 is 4.90 Å². The number of hydrogen-bond acceptors (Lipinski definition) is 6. The van der Waals surface area contributed by atoms with Crippen LogP contribution in [0.25, 0.3) is 16.8 Å². The van der Waals surface area contributed by atoms with E-state index < -0.39 is 5.60 Å². The Morgan fingerprint density at radius 3 is 2.61 bits per heavy atom. The van der Waals surface area contributed by atoms with Gasteiger partial charge in [0.05, 0.1) is 36.0 Å². The molecule has 0 unspecified atom stereocenters. The third-order valence-corrected chi connectivity index (χ3v) is 5.25. The van der Waals surface area contributed by atoms with Gasteiger partial charge in [0.1, 0.15) is 5.60 Å². The number of methoxy groups -OCH3 is 1. The van der Waals surface area contributed by atoms with Crippen LogP contribution in [-0.2, 0) is 16.0 Å². The van der Waals surface area contributed by atoms with E-state index in [1.807, 2.05) is 54.8 Å². The summed E-state index contributed by atoms with van der Waals surface area (Å²) in [4.78, 5) is 20.8. The van der Waals surface area contributed by atoms with E-state index in [-0.39, 0.29) is 6.09 Å². The molecule has 1 saturated heterocycles. The number of imidazole rings is 1. The summed E-state index contributed by atoms with van der Waals surface area (Å²) in [5.41, 5.74) is 3.54. The lowest BCUT2D eigenvalue weighted by Crippen LogP contribution is -2.50. The quantitative estimate of drug-likeness (QED) is 0.624. The maximum Gasteiger partial charge on any atom is 0.410 e. The number of anilines is 1. The second-order valence-corrected chi connectivity index (χ2v) is 8.72. The highest BCUT2D eigenvalue weighted by Gasteiger charge is 2.27. The van der Waals surface area contributed by atoms with Crippen LogP contribution in [0.2, 0.25) is 0 Å². The Labute approximate surface area is 182 Å². The van der Waals surface area contributed by atoms with Crippen molar-refractivity contribution in [2.75, 3.05) is 44.8 Å². The first-order valence-corrected chi connectivity index (χ1v) is 10.6. The molecule has 4 rings (SSSR count). The number of amides is 1. The SMILES string of the molecule is COCCn1cnc(-c2ccc3c(N4CCN(C(=O)OC(C)(C)C)CC4)cnn3c2)c1. The molecule has 3 aromatic rings. The molecule has 0 radical (unpaired) electrons. The Morgan fingerprint density at radius 2 is 1.90 bits per heavy atom. The van der Waals surface area contributed by atoms with E-state index in [0.717, 1.165) is 42.1 Å². The lowest BCUT2D eigenvalue weighted by atomic mass is 10.2. The minimum Gasteiger partial charge on any atom is -0.444 e. The molecule has 0 N–H and O–H groups in total. The monoisotopic (exact) mass is 426 g/mol. The largest absolute Gasteiger partial charge is 0.444 e. The van der Waals surface area contributed by atoms with Gasteiger partial charge in [0, 0.05) is 57.8 Å².